The van der Waals surface area contributed by atoms with Gasteiger partial charge in [-0.1, -0.05) is 33.4 Å². The lowest BCUT2D eigenvalue weighted by Crippen LogP contribution is -2.41. The largest absolute Gasteiger partial charge is 0.307 e. The molecule has 0 aliphatic carbocycles. The highest BCUT2D eigenvalue weighted by molar-refractivity contribution is 5.81. The summed E-state index contributed by atoms with van der Waals surface area (Å²) >= 11 is 0. The molecule has 1 N–H and O–H groups in total. The second kappa shape index (κ2) is 8.18. The van der Waals surface area contributed by atoms with Gasteiger partial charge in [0, 0.05) is 6.54 Å². The summed E-state index contributed by atoms with van der Waals surface area (Å²) in [5.74, 6) is 0.206. The van der Waals surface area contributed by atoms with Gasteiger partial charge in [-0.05, 0) is 31.3 Å². The van der Waals surface area contributed by atoms with E-state index in [2.05, 4.69) is 11.9 Å². The molecule has 0 fully saturated rings. The van der Waals surface area contributed by atoms with Crippen molar-refractivity contribution in [3.05, 3.63) is 24.6 Å². The lowest BCUT2D eigenvalue weighted by atomic mass is 9.99. The summed E-state index contributed by atoms with van der Waals surface area (Å²) in [6, 6.07) is -0.119. The quantitative estimate of drug-likeness (QED) is 0.661. The molecule has 0 spiro atoms. The summed E-state index contributed by atoms with van der Waals surface area (Å²) in [5, 5.41) is 3.24. The number of rotatable bonds is 8. The Morgan fingerprint density at radius 3 is 2.41 bits per heavy atom. The maximum atomic E-state index is 12.5. The molecule has 0 amide bonds. The van der Waals surface area contributed by atoms with E-state index in [1.165, 1.54) is 6.08 Å². The molecular formula is C14H24FNO. The van der Waals surface area contributed by atoms with Crippen molar-refractivity contribution < 1.29 is 9.18 Å². The van der Waals surface area contributed by atoms with Gasteiger partial charge >= 0.3 is 0 Å². The van der Waals surface area contributed by atoms with Gasteiger partial charge in [0.1, 0.15) is 11.6 Å². The molecule has 0 saturated carbocycles. The molecule has 2 nitrogen and oxygen atoms in total. The van der Waals surface area contributed by atoms with Crippen LogP contribution in [-0.4, -0.2) is 18.4 Å². The van der Waals surface area contributed by atoms with Crippen LogP contribution >= 0.6 is 0 Å². The maximum Gasteiger partial charge on any atom is 0.146 e. The minimum Gasteiger partial charge on any atom is -0.307 e. The first kappa shape index (κ1) is 16.0. The van der Waals surface area contributed by atoms with Gasteiger partial charge in [0.05, 0.1) is 6.04 Å². The molecule has 2 atom stereocenters. The van der Waals surface area contributed by atoms with Gasteiger partial charge in [0.25, 0.3) is 0 Å². The number of hydrogen-bond donors (Lipinski definition) is 1. The molecular weight excluding hydrogens is 217 g/mol. The standard InChI is InChI=1S/C14H24FNO/c1-6-13(8-7-11(4)15)9-16-14(10(2)3)12(5)17/h7-8,10,13-14,16H,4,6,9H2,1-3,5H3/b8-7-/t13?,14-/m1/s1. The summed E-state index contributed by atoms with van der Waals surface area (Å²) in [7, 11) is 0. The van der Waals surface area contributed by atoms with Crippen LogP contribution in [-0.2, 0) is 4.79 Å². The third-order valence-electron chi connectivity index (χ3n) is 2.78. The van der Waals surface area contributed by atoms with Crippen LogP contribution < -0.4 is 5.32 Å². The van der Waals surface area contributed by atoms with E-state index in [0.717, 1.165) is 6.42 Å². The molecule has 0 aromatic rings. The van der Waals surface area contributed by atoms with E-state index < -0.39 is 5.83 Å². The number of nitrogens with one attached hydrogen (secondary N) is 1. The predicted molar refractivity (Wildman–Crippen MR) is 70.5 cm³/mol. The second-order valence-electron chi connectivity index (χ2n) is 4.71. The fraction of sp³-hybridized carbons (Fsp3) is 0.643. The van der Waals surface area contributed by atoms with E-state index >= 15 is 0 Å². The van der Waals surface area contributed by atoms with Gasteiger partial charge < -0.3 is 5.32 Å². The highest BCUT2D eigenvalue weighted by Gasteiger charge is 2.18. The summed E-state index contributed by atoms with van der Waals surface area (Å²) in [6.07, 6.45) is 4.08. The third-order valence-corrected chi connectivity index (χ3v) is 2.78. The Morgan fingerprint density at radius 2 is 2.06 bits per heavy atom. The van der Waals surface area contributed by atoms with E-state index in [1.54, 1.807) is 13.0 Å². The Balaban J connectivity index is 4.30. The molecule has 0 aromatic heterocycles. The number of Topliss-reactive ketones (excluding diaryl/α,β-unsaturated/α-hetero) is 1. The molecule has 0 aliphatic rings. The van der Waals surface area contributed by atoms with E-state index in [4.69, 9.17) is 0 Å². The van der Waals surface area contributed by atoms with Gasteiger partial charge in [-0.15, -0.1) is 0 Å². The number of carbonyl (C=O) groups excluding carboxylic acids is 1. The third kappa shape index (κ3) is 7.05. The van der Waals surface area contributed by atoms with Crippen LogP contribution in [0.2, 0.25) is 0 Å². The molecule has 0 radical (unpaired) electrons. The van der Waals surface area contributed by atoms with E-state index in [9.17, 15) is 9.18 Å². The van der Waals surface area contributed by atoms with Crippen molar-refractivity contribution in [3.63, 3.8) is 0 Å². The molecule has 98 valence electrons. The van der Waals surface area contributed by atoms with Crippen LogP contribution in [0.1, 0.15) is 34.1 Å². The van der Waals surface area contributed by atoms with Gasteiger partial charge in [-0.3, -0.25) is 4.79 Å². The first-order valence-electron chi connectivity index (χ1n) is 6.14. The molecule has 1 unspecified atom stereocenters. The maximum absolute atomic E-state index is 12.5. The van der Waals surface area contributed by atoms with Crippen LogP contribution in [0.4, 0.5) is 4.39 Å². The summed E-state index contributed by atoms with van der Waals surface area (Å²) in [5.41, 5.74) is 0. The van der Waals surface area contributed by atoms with Gasteiger partial charge in [-0.2, -0.15) is 0 Å². The number of halogens is 1. The van der Waals surface area contributed by atoms with Crippen LogP contribution in [0.25, 0.3) is 0 Å². The average Bonchev–Trinajstić information content (AvgIpc) is 2.21. The van der Waals surface area contributed by atoms with Crippen molar-refractivity contribution in [2.45, 2.75) is 40.2 Å². The zero-order valence-electron chi connectivity index (χ0n) is 11.3. The number of ketones is 1. The number of hydrogen-bond acceptors (Lipinski definition) is 2. The Kier molecular flexibility index (Phi) is 7.72. The molecule has 0 saturated heterocycles. The van der Waals surface area contributed by atoms with Crippen molar-refractivity contribution in [2.24, 2.45) is 11.8 Å². The topological polar surface area (TPSA) is 29.1 Å². The van der Waals surface area contributed by atoms with Crippen molar-refractivity contribution in [2.75, 3.05) is 6.54 Å². The van der Waals surface area contributed by atoms with Crippen LogP contribution in [0.15, 0.2) is 24.6 Å². The van der Waals surface area contributed by atoms with Crippen LogP contribution in [0.3, 0.4) is 0 Å². The SMILES string of the molecule is C=C(F)/C=C\C(CC)CN[C@@H](C(C)=O)C(C)C. The normalized spacial score (nSPS) is 15.2. The fourth-order valence-electron chi connectivity index (χ4n) is 1.72. The van der Waals surface area contributed by atoms with Crippen molar-refractivity contribution in [1.29, 1.82) is 0 Å². The Labute approximate surface area is 104 Å². The highest BCUT2D eigenvalue weighted by atomic mass is 19.1. The molecule has 0 bridgehead atoms. The molecule has 17 heavy (non-hydrogen) atoms. The molecule has 0 rings (SSSR count). The monoisotopic (exact) mass is 241 g/mol. The summed E-state index contributed by atoms with van der Waals surface area (Å²) < 4.78 is 12.5. The number of carbonyl (C=O) groups is 1. The summed E-state index contributed by atoms with van der Waals surface area (Å²) in [6.45, 7) is 11.5. The van der Waals surface area contributed by atoms with Gasteiger partial charge in [0.2, 0.25) is 0 Å². The van der Waals surface area contributed by atoms with Gasteiger partial charge in [0.15, 0.2) is 0 Å². The van der Waals surface area contributed by atoms with E-state index in [-0.39, 0.29) is 23.7 Å². The number of allylic oxidation sites excluding steroid dienone is 2. The fourth-order valence-corrected chi connectivity index (χ4v) is 1.72. The molecule has 0 aromatic carbocycles. The highest BCUT2D eigenvalue weighted by Crippen LogP contribution is 2.08. The minimum absolute atomic E-state index is 0.119. The summed E-state index contributed by atoms with van der Waals surface area (Å²) in [4.78, 5) is 11.4. The van der Waals surface area contributed by atoms with Crippen LogP contribution in [0.5, 0.6) is 0 Å². The Bertz CT molecular complexity index is 284. The lowest BCUT2D eigenvalue weighted by molar-refractivity contribution is -0.119. The predicted octanol–water partition coefficient (Wildman–Crippen LogP) is 3.26. The van der Waals surface area contributed by atoms with Crippen molar-refractivity contribution in [3.8, 4) is 0 Å². The molecule has 0 aliphatic heterocycles. The first-order chi connectivity index (χ1) is 7.88. The molecule has 0 heterocycles. The van der Waals surface area contributed by atoms with E-state index in [1.807, 2.05) is 20.8 Å². The molecule has 3 heteroatoms. The van der Waals surface area contributed by atoms with Crippen LogP contribution in [0, 0.1) is 11.8 Å². The Morgan fingerprint density at radius 1 is 1.47 bits per heavy atom. The van der Waals surface area contributed by atoms with E-state index in [0.29, 0.717) is 6.54 Å². The lowest BCUT2D eigenvalue weighted by Gasteiger charge is -2.21. The zero-order chi connectivity index (χ0) is 13.4. The second-order valence-corrected chi connectivity index (χ2v) is 4.71. The smallest absolute Gasteiger partial charge is 0.146 e. The average molecular weight is 241 g/mol. The minimum atomic E-state index is -0.435. The van der Waals surface area contributed by atoms with Crippen molar-refractivity contribution in [1.82, 2.24) is 5.32 Å². The zero-order valence-corrected chi connectivity index (χ0v) is 11.3. The van der Waals surface area contributed by atoms with Gasteiger partial charge in [-0.25, -0.2) is 4.39 Å². The Hall–Kier alpha value is -0.960. The van der Waals surface area contributed by atoms with Crippen molar-refractivity contribution >= 4 is 5.78 Å². The first-order valence-corrected chi connectivity index (χ1v) is 6.14.